The summed E-state index contributed by atoms with van der Waals surface area (Å²) in [7, 11) is 0. The third-order valence-corrected chi connectivity index (χ3v) is 23.3. The molecule has 638 valence electrons. The predicted molar refractivity (Wildman–Crippen MR) is 461 cm³/mol. The van der Waals surface area contributed by atoms with Crippen LogP contribution < -0.4 is 45.9 Å². The van der Waals surface area contributed by atoms with Gasteiger partial charge >= 0.3 is 53.7 Å². The van der Waals surface area contributed by atoms with Crippen molar-refractivity contribution in [3.8, 4) is 102 Å². The number of nitrogens with zero attached hydrogens (tertiary/aromatic N) is 18. The molecule has 35 heteroatoms. The Morgan fingerprint density at radius 3 is 0.992 bits per heavy atom. The van der Waals surface area contributed by atoms with Crippen LogP contribution in [0.4, 0.5) is 26.3 Å². The molecule has 6 aromatic carbocycles. The summed E-state index contributed by atoms with van der Waals surface area (Å²) in [4.78, 5) is 64.7. The second kappa shape index (κ2) is 34.1. The number of hydrogen-bond acceptors (Lipinski definition) is 23. The molecule has 12 heterocycles. The van der Waals surface area contributed by atoms with Crippen molar-refractivity contribution in [2.75, 3.05) is 13.2 Å². The first-order valence-electron chi connectivity index (χ1n) is 40.0. The van der Waals surface area contributed by atoms with Gasteiger partial charge in [0.05, 0.1) is 69.1 Å². The van der Waals surface area contributed by atoms with E-state index < -0.39 is 58.6 Å². The maximum atomic E-state index is 13.2. The van der Waals surface area contributed by atoms with E-state index in [9.17, 15) is 56.4 Å². The van der Waals surface area contributed by atoms with Crippen molar-refractivity contribution in [1.82, 2.24) is 99.3 Å². The van der Waals surface area contributed by atoms with Crippen molar-refractivity contribution in [2.24, 2.45) is 5.73 Å². The fraction of sp³-hybridized carbons (Fsp3) is 0.160. The van der Waals surface area contributed by atoms with Crippen LogP contribution in [0.5, 0.6) is 0 Å². The Labute approximate surface area is 750 Å². The SMILES string of the molecule is C=C1CC(NC(=O)C(F)(F)F)(c2ccc(-c3nc4ccn5c(-c6ncccn6)nnc5c4cc3-c3ccccc3)cc2)C1.NC1(c2ccc(-c3nc4ccn5c(-c6ncccn6)nnc5c4cc3-c3ccccc3)cc2)CC(O)(CO)C1.O=C(NC1(c2ccc(-c3nc4ccn5c(-c6ncccn6)nnc5c4cc3-c3ccccc3)cc2)CC(O)(CO)C1)C(F)(F)F.[Na+].[OH-]. The predicted octanol–water partition coefficient (Wildman–Crippen LogP) is 11.3. The number of alkyl halides is 6. The Balaban J connectivity index is 0.000000135. The van der Waals surface area contributed by atoms with Gasteiger partial charge in [-0.1, -0.05) is 176 Å². The zero-order valence-corrected chi connectivity index (χ0v) is 70.3. The van der Waals surface area contributed by atoms with Gasteiger partial charge in [-0.3, -0.25) is 22.8 Å². The minimum Gasteiger partial charge on any atom is -0.870 e. The molecule has 18 aromatic rings. The molecule has 28 nitrogen and oxygen atoms in total. The molecule has 12 aromatic heterocycles. The van der Waals surface area contributed by atoms with Crippen LogP contribution in [0.2, 0.25) is 0 Å². The standard InChI is InChI=1S/C32H24F3N7O3.C32H22F3N7O.C30H25N7O2.Na.H2O/c33-32(34,35)29(44)39-31(16-30(45,17-31)18-43)21-9-7-20(8-10-21)25-22(19-5-2-1-3-6-19)15-23-24(38-25)11-14-42-27(23)40-41-28(42)26-36-12-4-13-37-26;1-19-17-31(18-19,39-30(43)32(33,34)35)22-10-8-21(9-11-22)26-23(20-6-3-2-4-7-20)16-24-25(38-26)12-15-42-28(24)40-41-29(42)27-36-13-5-14-37-27;31-30(16-29(39,17-30)18-38)21-9-7-20(8-10-21)25-22(19-5-2-1-3-6-19)15-23-24(34-25)11-14-37-27(23)35-36-28(37)26-32-12-4-13-33-26;;/h1-15,43,45H,16-18H2,(H,39,44);2-16H,1,17-18H2,(H,39,43);1-15,38-39H,16-18,31H2;;1H2/q;;;+1;/p-1. The van der Waals surface area contributed by atoms with E-state index in [1.165, 1.54) is 0 Å². The van der Waals surface area contributed by atoms with E-state index in [4.69, 9.17) is 20.7 Å². The second-order valence-corrected chi connectivity index (χ2v) is 31.9. The third kappa shape index (κ3) is 16.4. The summed E-state index contributed by atoms with van der Waals surface area (Å²) in [5.41, 5.74) is 17.0. The minimum absolute atomic E-state index is 0. The molecule has 2 amide bonds. The molecular weight excluding hydrogens is 1670 g/mol. The zero-order valence-electron chi connectivity index (χ0n) is 68.3. The zero-order chi connectivity index (χ0) is 87.8. The van der Waals surface area contributed by atoms with Gasteiger partial charge in [0.15, 0.2) is 34.4 Å². The fourth-order valence-corrected chi connectivity index (χ4v) is 17.2. The van der Waals surface area contributed by atoms with E-state index >= 15 is 0 Å². The van der Waals surface area contributed by atoms with Crippen molar-refractivity contribution in [1.29, 1.82) is 0 Å². The first-order chi connectivity index (χ1) is 61.3. The molecule has 0 bridgehead atoms. The molecule has 129 heavy (non-hydrogen) atoms. The second-order valence-electron chi connectivity index (χ2n) is 31.9. The van der Waals surface area contributed by atoms with Crippen LogP contribution in [-0.2, 0) is 26.2 Å². The molecule has 9 N–H and O–H groups in total. The van der Waals surface area contributed by atoms with Gasteiger partial charge in [-0.2, -0.15) is 26.3 Å². The van der Waals surface area contributed by atoms with Crippen LogP contribution in [0.1, 0.15) is 55.2 Å². The number of halogens is 6. The average molecular weight is 1740 g/mol. The van der Waals surface area contributed by atoms with Crippen LogP contribution in [0.15, 0.2) is 286 Å². The van der Waals surface area contributed by atoms with Crippen molar-refractivity contribution in [3.63, 3.8) is 0 Å². The first kappa shape index (κ1) is 86.8. The summed E-state index contributed by atoms with van der Waals surface area (Å²) < 4.78 is 84.4. The number of rotatable bonds is 16. The molecule has 0 radical (unpaired) electrons. The number of nitrogens with one attached hydrogen (secondary N) is 2. The summed E-state index contributed by atoms with van der Waals surface area (Å²) in [6.07, 6.45) is 5.90. The van der Waals surface area contributed by atoms with Crippen LogP contribution >= 0.6 is 0 Å². The van der Waals surface area contributed by atoms with E-state index in [1.807, 2.05) is 167 Å². The first-order valence-corrected chi connectivity index (χ1v) is 40.0. The number of nitrogens with two attached hydrogens (primary N) is 1. The molecule has 0 atom stereocenters. The number of aromatic nitrogens is 18. The molecule has 3 aliphatic rings. The summed E-state index contributed by atoms with van der Waals surface area (Å²) in [6, 6.07) is 68.2. The Kier molecular flexibility index (Phi) is 22.9. The number of pyridine rings is 6. The van der Waals surface area contributed by atoms with Crippen LogP contribution in [0.25, 0.3) is 152 Å². The largest absolute Gasteiger partial charge is 1.00 e. The molecule has 3 fully saturated rings. The van der Waals surface area contributed by atoms with Crippen LogP contribution in [0.3, 0.4) is 0 Å². The average Bonchev–Trinajstić information content (AvgIpc) is 1.25. The van der Waals surface area contributed by atoms with E-state index in [2.05, 4.69) is 95.9 Å². The van der Waals surface area contributed by atoms with E-state index in [0.29, 0.717) is 104 Å². The number of aliphatic hydroxyl groups is 4. The molecule has 3 saturated carbocycles. The smallest absolute Gasteiger partial charge is 0.870 e. The summed E-state index contributed by atoms with van der Waals surface area (Å²) >= 11 is 0. The Bertz CT molecular complexity index is 7260. The molecule has 21 rings (SSSR count). The monoisotopic (exact) mass is 1740 g/mol. The summed E-state index contributed by atoms with van der Waals surface area (Å²) in [5, 5.41) is 72.7. The van der Waals surface area contributed by atoms with Gasteiger partial charge in [-0.25, -0.2) is 44.9 Å². The number of carbonyl (C=O) groups excluding carboxylic acids is 2. The number of aliphatic hydroxyl groups excluding tert-OH is 2. The maximum Gasteiger partial charge on any atom is 1.00 e. The van der Waals surface area contributed by atoms with Gasteiger partial charge in [-0.05, 0) is 101 Å². The fourth-order valence-electron chi connectivity index (χ4n) is 17.2. The molecule has 0 aliphatic heterocycles. The van der Waals surface area contributed by atoms with Gasteiger partial charge in [0, 0.05) is 137 Å². The number of benzene rings is 6. The molecule has 0 unspecified atom stereocenters. The number of fused-ring (bicyclic) bond motifs is 9. The summed E-state index contributed by atoms with van der Waals surface area (Å²) in [6.45, 7) is 2.94. The van der Waals surface area contributed by atoms with Crippen molar-refractivity contribution < 1.29 is 91.4 Å². The van der Waals surface area contributed by atoms with Gasteiger partial charge in [0.25, 0.3) is 0 Å². The van der Waals surface area contributed by atoms with Crippen LogP contribution in [-0.4, -0.2) is 163 Å². The van der Waals surface area contributed by atoms with Gasteiger partial charge < -0.3 is 42.3 Å². The molecular formula is C94H72F6N21NaO7. The molecule has 0 spiro atoms. The van der Waals surface area contributed by atoms with Crippen molar-refractivity contribution in [2.45, 2.75) is 78.7 Å². The van der Waals surface area contributed by atoms with Crippen molar-refractivity contribution in [3.05, 3.63) is 303 Å². The Hall–Kier alpha value is -14.3. The van der Waals surface area contributed by atoms with Crippen LogP contribution in [0, 0.1) is 0 Å². The van der Waals surface area contributed by atoms with Gasteiger partial charge in [-0.15, -0.1) is 30.6 Å². The van der Waals surface area contributed by atoms with E-state index in [1.54, 1.807) is 102 Å². The number of hydrogen-bond donors (Lipinski definition) is 7. The molecule has 3 aliphatic carbocycles. The third-order valence-electron chi connectivity index (χ3n) is 23.3. The minimum atomic E-state index is -5.11. The normalized spacial score (nSPS) is 18.1. The number of amides is 2. The quantitative estimate of drug-likeness (QED) is 0.0268. The van der Waals surface area contributed by atoms with Gasteiger partial charge in [0.1, 0.15) is 0 Å². The topological polar surface area (TPSA) is 402 Å². The van der Waals surface area contributed by atoms with Crippen molar-refractivity contribution >= 4 is 61.5 Å². The Morgan fingerprint density at radius 1 is 0.395 bits per heavy atom. The number of carbonyl (C=O) groups is 2. The molecule has 0 saturated heterocycles. The summed E-state index contributed by atoms with van der Waals surface area (Å²) in [5.74, 6) is -1.17. The van der Waals surface area contributed by atoms with E-state index in [-0.39, 0.29) is 67.3 Å². The van der Waals surface area contributed by atoms with Gasteiger partial charge in [0.2, 0.25) is 17.5 Å². The Morgan fingerprint density at radius 2 is 0.690 bits per heavy atom. The van der Waals surface area contributed by atoms with E-state index in [0.717, 1.165) is 83.0 Å². The maximum absolute atomic E-state index is 13.2.